The van der Waals surface area contributed by atoms with E-state index < -0.39 is 9.84 Å². The highest BCUT2D eigenvalue weighted by atomic mass is 79.9. The van der Waals surface area contributed by atoms with E-state index in [4.69, 9.17) is 0 Å². The molecule has 2 atom stereocenters. The van der Waals surface area contributed by atoms with Gasteiger partial charge in [-0.2, -0.15) is 0 Å². The summed E-state index contributed by atoms with van der Waals surface area (Å²) >= 11 is 3.72. The molecule has 0 bridgehead atoms. The predicted octanol–water partition coefficient (Wildman–Crippen LogP) is 4.55. The summed E-state index contributed by atoms with van der Waals surface area (Å²) < 4.78 is 24.8. The third-order valence-corrected chi connectivity index (χ3v) is 8.15. The van der Waals surface area contributed by atoms with Crippen molar-refractivity contribution in [2.24, 2.45) is 0 Å². The van der Waals surface area contributed by atoms with Crippen LogP contribution in [-0.2, 0) is 9.84 Å². The molecule has 1 saturated heterocycles. The first-order valence-corrected chi connectivity index (χ1v) is 9.98. The first kappa shape index (κ1) is 15.0. The van der Waals surface area contributed by atoms with E-state index in [0.29, 0.717) is 5.75 Å². The molecule has 1 aliphatic rings. The summed E-state index contributed by atoms with van der Waals surface area (Å²) in [5, 5.41) is 2.01. The Bertz CT molecular complexity index is 767. The Labute approximate surface area is 134 Å². The predicted molar refractivity (Wildman–Crippen MR) is 91.8 cm³/mol. The van der Waals surface area contributed by atoms with Crippen LogP contribution in [0.15, 0.2) is 36.4 Å². The van der Waals surface area contributed by atoms with Crippen molar-refractivity contribution in [3.8, 4) is 0 Å². The molecule has 21 heavy (non-hydrogen) atoms. The zero-order valence-corrected chi connectivity index (χ0v) is 14.5. The van der Waals surface area contributed by atoms with Gasteiger partial charge >= 0.3 is 0 Å². The van der Waals surface area contributed by atoms with Gasteiger partial charge in [0.25, 0.3) is 0 Å². The van der Waals surface area contributed by atoms with Gasteiger partial charge in [0.2, 0.25) is 0 Å². The van der Waals surface area contributed by atoms with E-state index in [0.717, 1.165) is 41.2 Å². The number of hydrogen-bond acceptors (Lipinski definition) is 2. The van der Waals surface area contributed by atoms with Crippen molar-refractivity contribution >= 4 is 36.5 Å². The van der Waals surface area contributed by atoms with Crippen molar-refractivity contribution in [3.05, 3.63) is 47.5 Å². The van der Waals surface area contributed by atoms with Gasteiger partial charge in [-0.15, -0.1) is 0 Å². The largest absolute Gasteiger partial charge is 0.228 e. The highest BCUT2D eigenvalue weighted by Gasteiger charge is 2.36. The summed E-state index contributed by atoms with van der Waals surface area (Å²) in [5.41, 5.74) is 2.28. The van der Waals surface area contributed by atoms with Crippen molar-refractivity contribution in [2.45, 2.75) is 36.3 Å². The lowest BCUT2D eigenvalue weighted by Gasteiger charge is -2.28. The van der Waals surface area contributed by atoms with Crippen LogP contribution >= 0.6 is 15.9 Å². The molecule has 2 unspecified atom stereocenters. The molecule has 2 nitrogen and oxygen atoms in total. The van der Waals surface area contributed by atoms with Gasteiger partial charge in [-0.05, 0) is 41.7 Å². The Morgan fingerprint density at radius 3 is 2.67 bits per heavy atom. The van der Waals surface area contributed by atoms with Crippen molar-refractivity contribution in [1.82, 2.24) is 0 Å². The number of rotatable bonds is 2. The topological polar surface area (TPSA) is 34.1 Å². The van der Waals surface area contributed by atoms with Crippen molar-refractivity contribution in [1.29, 1.82) is 0 Å². The maximum absolute atomic E-state index is 12.4. The Morgan fingerprint density at radius 1 is 1.14 bits per heavy atom. The Morgan fingerprint density at radius 2 is 1.90 bits per heavy atom. The molecule has 4 heteroatoms. The van der Waals surface area contributed by atoms with Crippen LogP contribution in [0.4, 0.5) is 0 Å². The third-order valence-electron chi connectivity index (χ3n) is 4.42. The second-order valence-electron chi connectivity index (χ2n) is 5.82. The molecule has 2 aromatic carbocycles. The van der Waals surface area contributed by atoms with Crippen molar-refractivity contribution in [2.75, 3.05) is 5.75 Å². The number of fused-ring (bicyclic) bond motifs is 1. The fourth-order valence-corrected chi connectivity index (χ4v) is 7.06. The van der Waals surface area contributed by atoms with Gasteiger partial charge in [-0.25, -0.2) is 8.42 Å². The molecule has 0 saturated carbocycles. The lowest BCUT2D eigenvalue weighted by atomic mass is 9.95. The van der Waals surface area contributed by atoms with Crippen LogP contribution in [0.3, 0.4) is 0 Å². The Balaban J connectivity index is 2.13. The third kappa shape index (κ3) is 2.76. The van der Waals surface area contributed by atoms with Gasteiger partial charge in [0.1, 0.15) is 0 Å². The van der Waals surface area contributed by atoms with Gasteiger partial charge in [-0.1, -0.05) is 58.7 Å². The number of halogens is 1. The molecule has 0 amide bonds. The maximum atomic E-state index is 12.4. The maximum Gasteiger partial charge on any atom is 0.154 e. The highest BCUT2D eigenvalue weighted by Crippen LogP contribution is 2.41. The molecule has 1 fully saturated rings. The van der Waals surface area contributed by atoms with E-state index in [1.54, 1.807) is 0 Å². The Hall–Kier alpha value is -0.870. The van der Waals surface area contributed by atoms with Gasteiger partial charge in [0.15, 0.2) is 9.84 Å². The fourth-order valence-electron chi connectivity index (χ4n) is 3.26. The zero-order valence-electron chi connectivity index (χ0n) is 12.0. The van der Waals surface area contributed by atoms with Gasteiger partial charge in [-0.3, -0.25) is 0 Å². The molecule has 1 aliphatic heterocycles. The molecule has 2 aromatic rings. The molecule has 112 valence electrons. The highest BCUT2D eigenvalue weighted by molar-refractivity contribution is 9.09. The molecule has 0 aromatic heterocycles. The van der Waals surface area contributed by atoms with E-state index in [2.05, 4.69) is 47.1 Å². The van der Waals surface area contributed by atoms with E-state index >= 15 is 0 Å². The normalized spacial score (nSPS) is 23.0. The van der Waals surface area contributed by atoms with Gasteiger partial charge in [0, 0.05) is 0 Å². The quantitative estimate of drug-likeness (QED) is 0.730. The number of sulfone groups is 1. The van der Waals surface area contributed by atoms with Crippen molar-refractivity contribution in [3.63, 3.8) is 0 Å². The fraction of sp³-hybridized carbons (Fsp3) is 0.412. The monoisotopic (exact) mass is 366 g/mol. The molecule has 1 heterocycles. The molecule has 0 spiro atoms. The summed E-state index contributed by atoms with van der Waals surface area (Å²) in [5.74, 6) is 0.323. The smallest absolute Gasteiger partial charge is 0.154 e. The van der Waals surface area contributed by atoms with E-state index in [-0.39, 0.29) is 10.1 Å². The van der Waals surface area contributed by atoms with Crippen LogP contribution in [0.25, 0.3) is 10.8 Å². The van der Waals surface area contributed by atoms with Crippen LogP contribution in [0.1, 0.15) is 35.2 Å². The van der Waals surface area contributed by atoms with E-state index in [1.807, 2.05) is 12.1 Å². The van der Waals surface area contributed by atoms with Crippen LogP contribution < -0.4 is 0 Å². The van der Waals surface area contributed by atoms with Crippen LogP contribution in [0, 0.1) is 6.92 Å². The zero-order chi connectivity index (χ0) is 15.0. The number of hydrogen-bond donors (Lipinski definition) is 0. The SMILES string of the molecule is Cc1ccc2ccccc2c1C(Br)C1CCCCS1(=O)=O. The van der Waals surface area contributed by atoms with Gasteiger partial charge < -0.3 is 0 Å². The summed E-state index contributed by atoms with van der Waals surface area (Å²) in [6, 6.07) is 12.4. The second kappa shape index (κ2) is 5.73. The van der Waals surface area contributed by atoms with Crippen LogP contribution in [0.2, 0.25) is 0 Å². The summed E-state index contributed by atoms with van der Waals surface area (Å²) in [6.45, 7) is 2.06. The van der Waals surface area contributed by atoms with Crippen LogP contribution in [-0.4, -0.2) is 19.4 Å². The summed E-state index contributed by atoms with van der Waals surface area (Å²) in [4.78, 5) is -0.131. The molecule has 0 aliphatic carbocycles. The lowest BCUT2D eigenvalue weighted by Crippen LogP contribution is -2.32. The number of aryl methyl sites for hydroxylation is 1. The Kier molecular flexibility index (Phi) is 4.10. The second-order valence-corrected chi connectivity index (χ2v) is 9.15. The van der Waals surface area contributed by atoms with E-state index in [1.165, 1.54) is 0 Å². The number of alkyl halides is 1. The molecular weight excluding hydrogens is 348 g/mol. The lowest BCUT2D eigenvalue weighted by molar-refractivity contribution is 0.537. The molecular formula is C17H19BrO2S. The van der Waals surface area contributed by atoms with Gasteiger partial charge in [0.05, 0.1) is 15.8 Å². The molecule has 0 radical (unpaired) electrons. The first-order valence-electron chi connectivity index (χ1n) is 7.34. The minimum atomic E-state index is -3.00. The summed E-state index contributed by atoms with van der Waals surface area (Å²) in [6.07, 6.45) is 2.55. The average Bonchev–Trinajstić information content (AvgIpc) is 2.46. The first-order chi connectivity index (χ1) is 10.0. The standard InChI is InChI=1S/C17H19BrO2S/c1-12-9-10-13-6-2-3-7-14(13)16(12)17(18)15-8-4-5-11-21(15,19)20/h2-3,6-7,9-10,15,17H,4-5,8,11H2,1H3. The van der Waals surface area contributed by atoms with Crippen molar-refractivity contribution < 1.29 is 8.42 Å². The average molecular weight is 367 g/mol. The van der Waals surface area contributed by atoms with Crippen LogP contribution in [0.5, 0.6) is 0 Å². The molecule has 3 rings (SSSR count). The minimum absolute atomic E-state index is 0.131. The summed E-state index contributed by atoms with van der Waals surface area (Å²) in [7, 11) is -3.00. The minimum Gasteiger partial charge on any atom is -0.228 e. The van der Waals surface area contributed by atoms with E-state index in [9.17, 15) is 8.42 Å². The molecule has 0 N–H and O–H groups in total. The number of benzene rings is 2.